The molecule has 0 saturated carbocycles. The van der Waals surface area contributed by atoms with Gasteiger partial charge in [0.15, 0.2) is 0 Å². The Morgan fingerprint density at radius 2 is 0.500 bits per heavy atom. The molecule has 0 aliphatic carbocycles. The van der Waals surface area contributed by atoms with Crippen molar-refractivity contribution in [2.45, 2.75) is 0 Å². The molecule has 0 aliphatic heterocycles. The molecule has 6 heteroatoms. The fourth-order valence-electron chi connectivity index (χ4n) is 0. The van der Waals surface area contributed by atoms with Crippen LogP contribution in [0.25, 0.3) is 0 Å². The largest absolute Gasteiger partial charge is 2.00 e. The first-order valence-electron chi connectivity index (χ1n) is 0. The van der Waals surface area contributed by atoms with Crippen molar-refractivity contribution in [1.29, 1.82) is 0 Å². The molecule has 45 valence electrons. The van der Waals surface area contributed by atoms with Gasteiger partial charge in [0, 0.05) is 0 Å². The van der Waals surface area contributed by atoms with Crippen LogP contribution < -0.4 is 49.6 Å². The summed E-state index contributed by atoms with van der Waals surface area (Å²) in [5.41, 5.74) is 0. The van der Waals surface area contributed by atoms with Crippen molar-refractivity contribution in [2.75, 3.05) is 0 Å². The van der Waals surface area contributed by atoms with Crippen LogP contribution in [-0.2, 0) is 33.8 Å². The predicted octanol–water partition coefficient (Wildman–Crippen LogP) is -12.0. The Morgan fingerprint density at radius 3 is 0.500 bits per heavy atom. The van der Waals surface area contributed by atoms with Crippen LogP contribution in [0.1, 0.15) is 0 Å². The van der Waals surface area contributed by atoms with Crippen molar-refractivity contribution in [3.63, 3.8) is 0 Å². The molecule has 0 aromatic carbocycles. The second-order valence-corrected chi connectivity index (χ2v) is 0. The molecule has 0 aromatic rings. The van der Waals surface area contributed by atoms with E-state index in [1.54, 1.807) is 0 Å². The van der Waals surface area contributed by atoms with E-state index in [2.05, 4.69) is 0 Å². The average Bonchev–Trinajstić information content (AvgIpc) is 0. The summed E-state index contributed by atoms with van der Waals surface area (Å²) in [5.74, 6) is 0. The molecular weight excluding hydrogens is 257 g/mol. The number of hydrogen-bond donors (Lipinski definition) is 0. The molecule has 0 aromatic heterocycles. The monoisotopic (exact) mass is 255 g/mol. The zero-order valence-electron chi connectivity index (χ0n) is 2.20. The molecule has 0 nitrogen and oxygen atoms in total. The topological polar surface area (TPSA) is 0 Å². The van der Waals surface area contributed by atoms with Crippen molar-refractivity contribution in [2.24, 2.45) is 0 Å². The van der Waals surface area contributed by atoms with Gasteiger partial charge in [-0.25, -0.2) is 0 Å². The molecule has 0 heterocycles. The molecule has 0 spiro atoms. The van der Waals surface area contributed by atoms with E-state index in [0.717, 1.165) is 0 Å². The predicted molar refractivity (Wildman–Crippen MR) is 0 cm³/mol. The Labute approximate surface area is 82.9 Å². The quantitative estimate of drug-likeness (QED) is 0.378. The summed E-state index contributed by atoms with van der Waals surface area (Å²) in [4.78, 5) is 0. The van der Waals surface area contributed by atoms with Gasteiger partial charge in [0.25, 0.3) is 0 Å². The fraction of sp³-hybridized carbons (Fsp3) is 0. The van der Waals surface area contributed by atoms with E-state index in [1.165, 1.54) is 0 Å². The maximum atomic E-state index is 0. The first kappa shape index (κ1) is 88.5. The summed E-state index contributed by atoms with van der Waals surface area (Å²) in [6, 6.07) is 0. The van der Waals surface area contributed by atoms with Gasteiger partial charge in [0.1, 0.15) is 0 Å². The van der Waals surface area contributed by atoms with Gasteiger partial charge in [-0.3, -0.25) is 0 Å². The number of rotatable bonds is 0. The van der Waals surface area contributed by atoms with Crippen LogP contribution >= 0.6 is 0 Å². The van der Waals surface area contributed by atoms with Gasteiger partial charge < -0.3 is 49.6 Å². The number of halogens is 4. The third-order valence-electron chi connectivity index (χ3n) is 0. The van der Waals surface area contributed by atoms with Crippen LogP contribution in [0.3, 0.4) is 0 Å². The Bertz CT molecular complexity index is 7.51. The molecule has 0 amide bonds. The molecule has 1 radical (unpaired) electrons. The summed E-state index contributed by atoms with van der Waals surface area (Å²) in [6.07, 6.45) is 0. The third kappa shape index (κ3) is 34.8. The zero-order chi connectivity index (χ0) is 0. The van der Waals surface area contributed by atoms with Gasteiger partial charge in [-0.2, -0.15) is 0 Å². The second-order valence-electron chi connectivity index (χ2n) is 0. The van der Waals surface area contributed by atoms with Crippen LogP contribution in [0.2, 0.25) is 0 Å². The van der Waals surface area contributed by atoms with Crippen LogP contribution in [0.5, 0.6) is 0 Å². The molecule has 0 unspecified atom stereocenters. The van der Waals surface area contributed by atoms with E-state index in [-0.39, 0.29) is 83.5 Å². The minimum atomic E-state index is 0. The van der Waals surface area contributed by atoms with Gasteiger partial charge in [0.2, 0.25) is 0 Å². The van der Waals surface area contributed by atoms with Crippen LogP contribution in [0.4, 0.5) is 0 Å². The second kappa shape index (κ2) is 57.5. The van der Waals surface area contributed by atoms with Crippen molar-refractivity contribution < 1.29 is 83.5 Å². The summed E-state index contributed by atoms with van der Waals surface area (Å²) < 4.78 is 0. The molecule has 0 bridgehead atoms. The van der Waals surface area contributed by atoms with Gasteiger partial charge in [-0.15, -0.1) is 0 Å². The summed E-state index contributed by atoms with van der Waals surface area (Å²) in [6.45, 7) is 0. The minimum absolute atomic E-state index is 0. The van der Waals surface area contributed by atoms with Gasteiger partial charge in [-0.1, -0.05) is 0 Å². The van der Waals surface area contributed by atoms with Crippen molar-refractivity contribution >= 4 is 0 Å². The fourth-order valence-corrected chi connectivity index (χ4v) is 0. The molecule has 0 N–H and O–H groups in total. The summed E-state index contributed by atoms with van der Waals surface area (Å²) in [7, 11) is 0. The van der Waals surface area contributed by atoms with Gasteiger partial charge in [0.05, 0.1) is 0 Å². The van der Waals surface area contributed by atoms with Gasteiger partial charge in [-0.05, 0) is 0 Å². The van der Waals surface area contributed by atoms with Crippen LogP contribution in [0, 0.1) is 0 Å². The molecule has 0 saturated heterocycles. The first-order valence-corrected chi connectivity index (χ1v) is 0. The van der Waals surface area contributed by atoms with Crippen molar-refractivity contribution in [1.82, 2.24) is 0 Å². The molecule has 0 aliphatic rings. The SMILES string of the molecule is [Cl-].[Cl-].[Cl-].[Cl-].[Co+2].[Fe+2]. The summed E-state index contributed by atoms with van der Waals surface area (Å²) >= 11 is 0. The Morgan fingerprint density at radius 1 is 0.500 bits per heavy atom. The Kier molecular flexibility index (Phi) is 848. The molecule has 0 fully saturated rings. The molecule has 6 heavy (non-hydrogen) atoms. The maximum Gasteiger partial charge on any atom is 2.00 e. The zero-order valence-corrected chi connectivity index (χ0v) is 7.37. The first-order chi connectivity index (χ1) is 0. The maximum absolute atomic E-state index is 0. The van der Waals surface area contributed by atoms with Crippen LogP contribution in [0.15, 0.2) is 0 Å². The average molecular weight is 257 g/mol. The molecule has 0 atom stereocenters. The Hall–Kier alpha value is 2.19. The van der Waals surface area contributed by atoms with Crippen molar-refractivity contribution in [3.05, 3.63) is 0 Å². The van der Waals surface area contributed by atoms with E-state index < -0.39 is 0 Å². The summed E-state index contributed by atoms with van der Waals surface area (Å²) in [5, 5.41) is 0. The van der Waals surface area contributed by atoms with Crippen LogP contribution in [-0.4, -0.2) is 0 Å². The van der Waals surface area contributed by atoms with E-state index >= 15 is 0 Å². The molecule has 0 rings (SSSR count). The Balaban J connectivity index is 0. The normalized spacial score (nSPS) is 0. The van der Waals surface area contributed by atoms with E-state index in [1.807, 2.05) is 0 Å². The number of hydrogen-bond acceptors (Lipinski definition) is 0. The smallest absolute Gasteiger partial charge is 1.00 e. The van der Waals surface area contributed by atoms with Gasteiger partial charge >= 0.3 is 33.8 Å². The standard InChI is InChI=1S/4ClH.Co.Fe/h4*1H;;/q;;;;2*+2/p-4. The minimum Gasteiger partial charge on any atom is -1.00 e. The van der Waals surface area contributed by atoms with E-state index in [4.69, 9.17) is 0 Å². The third-order valence-corrected chi connectivity index (χ3v) is 0. The van der Waals surface area contributed by atoms with Crippen molar-refractivity contribution in [3.8, 4) is 0 Å². The molecular formula is Cl4CoFe. The van der Waals surface area contributed by atoms with E-state index in [9.17, 15) is 0 Å². The van der Waals surface area contributed by atoms with E-state index in [0.29, 0.717) is 0 Å².